The van der Waals surface area contributed by atoms with Gasteiger partial charge in [0.05, 0.1) is 5.39 Å². The summed E-state index contributed by atoms with van der Waals surface area (Å²) >= 11 is 0. The first-order chi connectivity index (χ1) is 12.7. The number of fused-ring (bicyclic) bond motifs is 1. The molecule has 2 unspecified atom stereocenters. The van der Waals surface area contributed by atoms with Crippen LogP contribution in [0, 0.1) is 5.92 Å². The van der Waals surface area contributed by atoms with Crippen molar-refractivity contribution in [3.05, 3.63) is 18.6 Å². The number of likely N-dealkylation sites (tertiary alicyclic amines) is 1. The standard InChI is InChI=1S/C20H31N5O2/c1-14-11-15(7-6-10-25(12-14)19(26)27-20(2,3)4)24(5)18-16-8-9-21-17(16)22-13-23-18/h8-9,13-15H,6-7,10-12H2,1-5H3,(H,21,22,23). The molecule has 7 nitrogen and oxygen atoms in total. The van der Waals surface area contributed by atoms with Crippen molar-refractivity contribution in [2.45, 2.75) is 58.6 Å². The number of nitrogens with one attached hydrogen (secondary N) is 1. The average molecular weight is 374 g/mol. The Morgan fingerprint density at radius 2 is 2.15 bits per heavy atom. The van der Waals surface area contributed by atoms with Gasteiger partial charge >= 0.3 is 6.09 Å². The first-order valence-corrected chi connectivity index (χ1v) is 9.73. The van der Waals surface area contributed by atoms with Gasteiger partial charge in [-0.1, -0.05) is 6.92 Å². The molecule has 0 spiro atoms. The molecule has 148 valence electrons. The molecule has 1 aliphatic rings. The van der Waals surface area contributed by atoms with Gasteiger partial charge in [0.2, 0.25) is 0 Å². The second-order valence-electron chi connectivity index (χ2n) is 8.61. The minimum atomic E-state index is -0.458. The number of carbonyl (C=O) groups excluding carboxylic acids is 1. The van der Waals surface area contributed by atoms with Crippen molar-refractivity contribution >= 4 is 22.9 Å². The third kappa shape index (κ3) is 4.70. The highest BCUT2D eigenvalue weighted by Crippen LogP contribution is 2.28. The van der Waals surface area contributed by atoms with Crippen molar-refractivity contribution in [2.24, 2.45) is 5.92 Å². The predicted molar refractivity (Wildman–Crippen MR) is 107 cm³/mol. The highest BCUT2D eigenvalue weighted by Gasteiger charge is 2.28. The molecule has 0 aromatic carbocycles. The lowest BCUT2D eigenvalue weighted by molar-refractivity contribution is 0.0203. The van der Waals surface area contributed by atoms with Crippen LogP contribution >= 0.6 is 0 Å². The maximum Gasteiger partial charge on any atom is 0.410 e. The number of amides is 1. The van der Waals surface area contributed by atoms with Crippen molar-refractivity contribution in [1.29, 1.82) is 0 Å². The zero-order chi connectivity index (χ0) is 19.6. The smallest absolute Gasteiger partial charge is 0.410 e. The molecule has 0 radical (unpaired) electrons. The van der Waals surface area contributed by atoms with Crippen LogP contribution in [0.25, 0.3) is 11.0 Å². The molecule has 2 aromatic heterocycles. The van der Waals surface area contributed by atoms with Gasteiger partial charge < -0.3 is 19.5 Å². The van der Waals surface area contributed by atoms with E-state index in [2.05, 4.69) is 33.8 Å². The van der Waals surface area contributed by atoms with Crippen LogP contribution in [0.4, 0.5) is 10.6 Å². The minimum absolute atomic E-state index is 0.203. The zero-order valence-corrected chi connectivity index (χ0v) is 17.0. The highest BCUT2D eigenvalue weighted by atomic mass is 16.6. The van der Waals surface area contributed by atoms with Crippen LogP contribution in [0.5, 0.6) is 0 Å². The molecule has 1 amide bonds. The number of hydrogen-bond donors (Lipinski definition) is 1. The van der Waals surface area contributed by atoms with Gasteiger partial charge in [0.15, 0.2) is 0 Å². The Hall–Kier alpha value is -2.31. The van der Waals surface area contributed by atoms with Crippen LogP contribution in [0.2, 0.25) is 0 Å². The highest BCUT2D eigenvalue weighted by molar-refractivity contribution is 5.87. The molecule has 0 aliphatic carbocycles. The number of nitrogens with zero attached hydrogens (tertiary/aromatic N) is 4. The number of rotatable bonds is 2. The molecular formula is C20H31N5O2. The fraction of sp³-hybridized carbons (Fsp3) is 0.650. The molecule has 3 heterocycles. The Morgan fingerprint density at radius 3 is 2.89 bits per heavy atom. The Bertz CT molecular complexity index is 782. The predicted octanol–water partition coefficient (Wildman–Crippen LogP) is 3.82. The second kappa shape index (κ2) is 7.74. The maximum absolute atomic E-state index is 12.5. The summed E-state index contributed by atoms with van der Waals surface area (Å²) in [5.74, 6) is 1.34. The quantitative estimate of drug-likeness (QED) is 0.866. The first kappa shape index (κ1) is 19.5. The van der Waals surface area contributed by atoms with Crippen LogP contribution in [0.15, 0.2) is 18.6 Å². The molecule has 27 heavy (non-hydrogen) atoms. The van der Waals surface area contributed by atoms with Crippen LogP contribution < -0.4 is 4.90 Å². The summed E-state index contributed by atoms with van der Waals surface area (Å²) in [4.78, 5) is 28.6. The summed E-state index contributed by atoms with van der Waals surface area (Å²) in [6, 6.07) is 2.41. The largest absolute Gasteiger partial charge is 0.444 e. The summed E-state index contributed by atoms with van der Waals surface area (Å²) in [7, 11) is 2.11. The lowest BCUT2D eigenvalue weighted by Gasteiger charge is -2.36. The Labute approximate surface area is 161 Å². The Balaban J connectivity index is 1.69. The minimum Gasteiger partial charge on any atom is -0.444 e. The fourth-order valence-corrected chi connectivity index (χ4v) is 3.80. The summed E-state index contributed by atoms with van der Waals surface area (Å²) in [6.45, 7) is 9.39. The van der Waals surface area contributed by atoms with Crippen LogP contribution in [0.1, 0.15) is 47.0 Å². The number of hydrogen-bond acceptors (Lipinski definition) is 5. The van der Waals surface area contributed by atoms with Crippen LogP contribution in [0.3, 0.4) is 0 Å². The van der Waals surface area contributed by atoms with Crippen molar-refractivity contribution in [2.75, 3.05) is 25.0 Å². The van der Waals surface area contributed by atoms with E-state index in [1.54, 1.807) is 6.33 Å². The molecule has 2 atom stereocenters. The number of carbonyl (C=O) groups is 1. The van der Waals surface area contributed by atoms with Gasteiger partial charge in [-0.2, -0.15) is 0 Å². The number of ether oxygens (including phenoxy) is 1. The van der Waals surface area contributed by atoms with E-state index in [0.717, 1.165) is 49.2 Å². The fourth-order valence-electron chi connectivity index (χ4n) is 3.80. The van der Waals surface area contributed by atoms with Crippen molar-refractivity contribution in [3.63, 3.8) is 0 Å². The molecule has 1 saturated heterocycles. The van der Waals surface area contributed by atoms with Gasteiger partial charge in [0.25, 0.3) is 0 Å². The number of aromatic amines is 1. The Morgan fingerprint density at radius 1 is 1.37 bits per heavy atom. The van der Waals surface area contributed by atoms with Gasteiger partial charge in [-0.25, -0.2) is 14.8 Å². The van der Waals surface area contributed by atoms with Gasteiger partial charge in [-0.15, -0.1) is 0 Å². The third-order valence-electron chi connectivity index (χ3n) is 5.04. The van der Waals surface area contributed by atoms with E-state index >= 15 is 0 Å². The number of H-pyrrole nitrogens is 1. The van der Waals surface area contributed by atoms with E-state index in [9.17, 15) is 4.79 Å². The average Bonchev–Trinajstić information content (AvgIpc) is 3.04. The van der Waals surface area contributed by atoms with E-state index in [1.165, 1.54) is 0 Å². The second-order valence-corrected chi connectivity index (χ2v) is 8.61. The van der Waals surface area contributed by atoms with E-state index in [1.807, 2.05) is 37.9 Å². The lowest BCUT2D eigenvalue weighted by atomic mass is 9.94. The van der Waals surface area contributed by atoms with Crippen molar-refractivity contribution in [1.82, 2.24) is 19.9 Å². The number of aromatic nitrogens is 3. The molecule has 2 aromatic rings. The SMILES string of the molecule is CC1CC(N(C)c2ncnc3[nH]ccc23)CCCN(C(=O)OC(C)(C)C)C1. The van der Waals surface area contributed by atoms with Gasteiger partial charge in [-0.05, 0) is 52.0 Å². The molecule has 1 N–H and O–H groups in total. The van der Waals surface area contributed by atoms with E-state index in [4.69, 9.17) is 4.74 Å². The first-order valence-electron chi connectivity index (χ1n) is 9.73. The summed E-state index contributed by atoms with van der Waals surface area (Å²) in [6.07, 6.45) is 6.27. The summed E-state index contributed by atoms with van der Waals surface area (Å²) < 4.78 is 5.56. The molecule has 3 rings (SSSR count). The lowest BCUT2D eigenvalue weighted by Crippen LogP contribution is -2.44. The van der Waals surface area contributed by atoms with Gasteiger partial charge in [0, 0.05) is 32.4 Å². The topological polar surface area (TPSA) is 74.4 Å². The summed E-state index contributed by atoms with van der Waals surface area (Å²) in [5, 5.41) is 1.05. The monoisotopic (exact) mass is 373 g/mol. The summed E-state index contributed by atoms with van der Waals surface area (Å²) in [5.41, 5.74) is 0.405. The maximum atomic E-state index is 12.5. The molecule has 1 aliphatic heterocycles. The zero-order valence-electron chi connectivity index (χ0n) is 17.0. The van der Waals surface area contributed by atoms with E-state index < -0.39 is 5.60 Å². The Kier molecular flexibility index (Phi) is 5.58. The molecule has 7 heteroatoms. The molecule has 0 saturated carbocycles. The third-order valence-corrected chi connectivity index (χ3v) is 5.04. The number of anilines is 1. The molecule has 1 fully saturated rings. The molecule has 0 bridgehead atoms. The van der Waals surface area contributed by atoms with Crippen molar-refractivity contribution in [3.8, 4) is 0 Å². The van der Waals surface area contributed by atoms with Crippen LogP contribution in [-0.2, 0) is 4.74 Å². The van der Waals surface area contributed by atoms with Crippen LogP contribution in [-0.4, -0.2) is 57.7 Å². The van der Waals surface area contributed by atoms with E-state index in [0.29, 0.717) is 12.0 Å². The van der Waals surface area contributed by atoms with E-state index in [-0.39, 0.29) is 6.09 Å². The van der Waals surface area contributed by atoms with Gasteiger partial charge in [0.1, 0.15) is 23.4 Å². The normalized spacial score (nSPS) is 21.6. The van der Waals surface area contributed by atoms with Gasteiger partial charge in [-0.3, -0.25) is 0 Å². The van der Waals surface area contributed by atoms with Crippen molar-refractivity contribution < 1.29 is 9.53 Å². The molecular weight excluding hydrogens is 342 g/mol.